The predicted molar refractivity (Wildman–Crippen MR) is 113 cm³/mol. The summed E-state index contributed by atoms with van der Waals surface area (Å²) in [6.07, 6.45) is 0. The molecule has 4 heterocycles. The molecule has 0 spiro atoms. The predicted octanol–water partition coefficient (Wildman–Crippen LogP) is 3.78. The van der Waals surface area contributed by atoms with E-state index in [4.69, 9.17) is 4.98 Å². The first kappa shape index (κ1) is 17.9. The molecule has 0 atom stereocenters. The first-order valence-electron chi connectivity index (χ1n) is 9.23. The fourth-order valence-electron chi connectivity index (χ4n) is 3.45. The van der Waals surface area contributed by atoms with Crippen molar-refractivity contribution in [1.29, 1.82) is 0 Å². The molecule has 0 aliphatic carbocycles. The number of nitrogens with zero attached hydrogens (tertiary/aromatic N) is 4. The summed E-state index contributed by atoms with van der Waals surface area (Å²) in [5.74, 6) is 1.81. The van der Waals surface area contributed by atoms with E-state index in [1.54, 1.807) is 22.7 Å². The van der Waals surface area contributed by atoms with Gasteiger partial charge in [0, 0.05) is 55.1 Å². The third-order valence-corrected chi connectivity index (χ3v) is 6.74. The fourth-order valence-corrected chi connectivity index (χ4v) is 5.26. The number of fused-ring (bicyclic) bond motifs is 1. The maximum absolute atomic E-state index is 4.71. The third kappa shape index (κ3) is 3.76. The fraction of sp³-hybridized carbons (Fsp3) is 0.474. The summed E-state index contributed by atoms with van der Waals surface area (Å²) in [7, 11) is 0. The van der Waals surface area contributed by atoms with Crippen molar-refractivity contribution >= 4 is 38.7 Å². The van der Waals surface area contributed by atoms with Gasteiger partial charge in [-0.05, 0) is 24.9 Å². The molecule has 5 nitrogen and oxygen atoms in total. The van der Waals surface area contributed by atoms with E-state index in [9.17, 15) is 0 Å². The Morgan fingerprint density at radius 2 is 1.92 bits per heavy atom. The molecule has 0 bridgehead atoms. The van der Waals surface area contributed by atoms with Crippen LogP contribution >= 0.6 is 22.7 Å². The number of anilines is 1. The lowest BCUT2D eigenvalue weighted by Gasteiger charge is -2.34. The monoisotopic (exact) mass is 387 g/mol. The second kappa shape index (κ2) is 8.00. The van der Waals surface area contributed by atoms with Crippen molar-refractivity contribution in [2.75, 3.05) is 51.1 Å². The van der Waals surface area contributed by atoms with Gasteiger partial charge in [0.2, 0.25) is 0 Å². The van der Waals surface area contributed by atoms with Crippen molar-refractivity contribution in [2.45, 2.75) is 13.8 Å². The van der Waals surface area contributed by atoms with Crippen LogP contribution in [0.3, 0.4) is 0 Å². The quantitative estimate of drug-likeness (QED) is 0.697. The molecule has 1 fully saturated rings. The van der Waals surface area contributed by atoms with E-state index < -0.39 is 0 Å². The number of hydrogen-bond acceptors (Lipinski definition) is 7. The molecule has 0 amide bonds. The topological polar surface area (TPSA) is 44.3 Å². The van der Waals surface area contributed by atoms with Crippen LogP contribution < -0.4 is 5.32 Å². The van der Waals surface area contributed by atoms with E-state index in [-0.39, 0.29) is 0 Å². The molecule has 1 N–H and O–H groups in total. The number of aromatic nitrogens is 2. The summed E-state index contributed by atoms with van der Waals surface area (Å²) in [6, 6.07) is 4.27. The average molecular weight is 388 g/mol. The standard InChI is InChI=1S/C19H25N5S2/c1-3-23-8-10-24(11-9-23)7-6-20-18-17-15(16-5-4-12-25-16)13-26-19(17)22-14(2)21-18/h4-5,12-13H,3,6-11H2,1-2H3,(H,20,21,22). The molecule has 1 saturated heterocycles. The van der Waals surface area contributed by atoms with Crippen LogP contribution in [0.5, 0.6) is 0 Å². The lowest BCUT2D eigenvalue weighted by molar-refractivity contribution is 0.141. The van der Waals surface area contributed by atoms with E-state index in [1.807, 2.05) is 6.92 Å². The zero-order chi connectivity index (χ0) is 17.9. The van der Waals surface area contributed by atoms with Gasteiger partial charge in [-0.3, -0.25) is 4.90 Å². The van der Waals surface area contributed by atoms with Crippen molar-refractivity contribution in [3.63, 3.8) is 0 Å². The number of rotatable bonds is 6. The van der Waals surface area contributed by atoms with Crippen LogP contribution in [0, 0.1) is 6.92 Å². The Labute approximate surface area is 162 Å². The zero-order valence-electron chi connectivity index (χ0n) is 15.4. The molecular weight excluding hydrogens is 362 g/mol. The highest BCUT2D eigenvalue weighted by molar-refractivity contribution is 7.18. The van der Waals surface area contributed by atoms with Crippen molar-refractivity contribution < 1.29 is 0 Å². The molecule has 0 unspecified atom stereocenters. The molecule has 138 valence electrons. The van der Waals surface area contributed by atoms with Crippen LogP contribution in [0.2, 0.25) is 0 Å². The van der Waals surface area contributed by atoms with Gasteiger partial charge in [-0.25, -0.2) is 9.97 Å². The Hall–Kier alpha value is -1.54. The van der Waals surface area contributed by atoms with Crippen LogP contribution in [0.25, 0.3) is 20.7 Å². The third-order valence-electron chi connectivity index (χ3n) is 4.96. The normalized spacial score (nSPS) is 16.4. The lowest BCUT2D eigenvalue weighted by Crippen LogP contribution is -2.47. The first-order valence-corrected chi connectivity index (χ1v) is 11.0. The minimum Gasteiger partial charge on any atom is -0.368 e. The SMILES string of the molecule is CCN1CCN(CCNc2nc(C)nc3scc(-c4cccs4)c23)CC1. The van der Waals surface area contributed by atoms with Crippen LogP contribution in [-0.4, -0.2) is 65.6 Å². The van der Waals surface area contributed by atoms with Crippen LogP contribution in [0.1, 0.15) is 12.7 Å². The van der Waals surface area contributed by atoms with Crippen molar-refractivity contribution in [3.8, 4) is 10.4 Å². The van der Waals surface area contributed by atoms with E-state index in [1.165, 1.54) is 28.9 Å². The number of hydrogen-bond donors (Lipinski definition) is 1. The minimum atomic E-state index is 0.830. The Balaban J connectivity index is 1.48. The summed E-state index contributed by atoms with van der Waals surface area (Å²) in [4.78, 5) is 16.8. The highest BCUT2D eigenvalue weighted by Crippen LogP contribution is 2.38. The number of nitrogens with one attached hydrogen (secondary N) is 1. The number of piperazine rings is 1. The molecule has 7 heteroatoms. The minimum absolute atomic E-state index is 0.830. The molecule has 3 aromatic heterocycles. The summed E-state index contributed by atoms with van der Waals surface area (Å²) >= 11 is 3.47. The van der Waals surface area contributed by atoms with Crippen LogP contribution in [0.15, 0.2) is 22.9 Å². The number of aryl methyl sites for hydroxylation is 1. The van der Waals surface area contributed by atoms with Gasteiger partial charge in [0.15, 0.2) is 0 Å². The van der Waals surface area contributed by atoms with Gasteiger partial charge in [-0.2, -0.15) is 0 Å². The molecule has 0 radical (unpaired) electrons. The molecule has 1 aliphatic heterocycles. The largest absolute Gasteiger partial charge is 0.368 e. The first-order chi connectivity index (χ1) is 12.7. The lowest BCUT2D eigenvalue weighted by atomic mass is 10.2. The molecule has 26 heavy (non-hydrogen) atoms. The van der Waals surface area contributed by atoms with E-state index in [2.05, 4.69) is 49.9 Å². The summed E-state index contributed by atoms with van der Waals surface area (Å²) in [6.45, 7) is 12.0. The Bertz CT molecular complexity index is 850. The molecule has 0 saturated carbocycles. The van der Waals surface area contributed by atoms with E-state index in [0.29, 0.717) is 0 Å². The highest BCUT2D eigenvalue weighted by atomic mass is 32.1. The maximum atomic E-state index is 4.71. The second-order valence-corrected chi connectivity index (χ2v) is 8.43. The molecule has 0 aromatic carbocycles. The van der Waals surface area contributed by atoms with E-state index in [0.717, 1.165) is 49.2 Å². The van der Waals surface area contributed by atoms with Crippen LogP contribution in [0.4, 0.5) is 5.82 Å². The van der Waals surface area contributed by atoms with Crippen LogP contribution in [-0.2, 0) is 0 Å². The maximum Gasteiger partial charge on any atom is 0.139 e. The van der Waals surface area contributed by atoms with Gasteiger partial charge in [0.25, 0.3) is 0 Å². The van der Waals surface area contributed by atoms with Gasteiger partial charge in [0.05, 0.1) is 5.39 Å². The Kier molecular flexibility index (Phi) is 5.49. The zero-order valence-corrected chi connectivity index (χ0v) is 17.0. The number of thiophene rings is 2. The van der Waals surface area contributed by atoms with Crippen molar-refractivity contribution in [3.05, 3.63) is 28.7 Å². The second-order valence-electron chi connectivity index (χ2n) is 6.63. The van der Waals surface area contributed by atoms with Crippen molar-refractivity contribution in [1.82, 2.24) is 19.8 Å². The highest BCUT2D eigenvalue weighted by Gasteiger charge is 2.17. The van der Waals surface area contributed by atoms with E-state index >= 15 is 0 Å². The van der Waals surface area contributed by atoms with Gasteiger partial charge < -0.3 is 10.2 Å². The summed E-state index contributed by atoms with van der Waals surface area (Å²) in [5, 5.41) is 9.09. The summed E-state index contributed by atoms with van der Waals surface area (Å²) < 4.78 is 0. The molecule has 4 rings (SSSR count). The Morgan fingerprint density at radius 1 is 1.12 bits per heavy atom. The Morgan fingerprint density at radius 3 is 2.65 bits per heavy atom. The molecule has 3 aromatic rings. The average Bonchev–Trinajstić information content (AvgIpc) is 3.31. The van der Waals surface area contributed by atoms with Gasteiger partial charge >= 0.3 is 0 Å². The number of likely N-dealkylation sites (N-methyl/N-ethyl adjacent to an activating group) is 1. The molecular formula is C19H25N5S2. The van der Waals surface area contributed by atoms with Gasteiger partial charge in [-0.15, -0.1) is 22.7 Å². The molecule has 1 aliphatic rings. The van der Waals surface area contributed by atoms with Gasteiger partial charge in [-0.1, -0.05) is 13.0 Å². The summed E-state index contributed by atoms with van der Waals surface area (Å²) in [5.41, 5.74) is 1.25. The van der Waals surface area contributed by atoms with Crippen molar-refractivity contribution in [2.24, 2.45) is 0 Å². The van der Waals surface area contributed by atoms with Gasteiger partial charge in [0.1, 0.15) is 16.5 Å². The smallest absolute Gasteiger partial charge is 0.139 e.